The van der Waals surface area contributed by atoms with Gasteiger partial charge >= 0.3 is 0 Å². The molecule has 0 unspecified atom stereocenters. The Hall–Kier alpha value is -2.46. The lowest BCUT2D eigenvalue weighted by atomic mass is 9.76. The Kier molecular flexibility index (Phi) is 5.31. The first kappa shape index (κ1) is 18.9. The first-order chi connectivity index (χ1) is 13.7. The summed E-state index contributed by atoms with van der Waals surface area (Å²) in [5.74, 6) is 0. The molecule has 1 aliphatic carbocycles. The van der Waals surface area contributed by atoms with Gasteiger partial charge in [-0.1, -0.05) is 91.0 Å². The van der Waals surface area contributed by atoms with Crippen molar-refractivity contribution in [1.29, 1.82) is 0 Å². The highest BCUT2D eigenvalue weighted by Crippen LogP contribution is 2.40. The summed E-state index contributed by atoms with van der Waals surface area (Å²) in [5, 5.41) is 24.1. The Morgan fingerprint density at radius 1 is 0.786 bits per heavy atom. The average Bonchev–Trinajstić information content (AvgIpc) is 3.15. The number of aliphatic hydroxyl groups excluding tert-OH is 1. The van der Waals surface area contributed by atoms with Crippen LogP contribution in [0.5, 0.6) is 0 Å². The lowest BCUT2D eigenvalue weighted by Gasteiger charge is -2.39. The zero-order valence-corrected chi connectivity index (χ0v) is 16.0. The highest BCUT2D eigenvalue weighted by atomic mass is 16.3. The van der Waals surface area contributed by atoms with Gasteiger partial charge in [-0.2, -0.15) is 0 Å². The van der Waals surface area contributed by atoms with Crippen molar-refractivity contribution in [1.82, 2.24) is 5.32 Å². The lowest BCUT2D eigenvalue weighted by molar-refractivity contribution is -0.0102. The topological polar surface area (TPSA) is 52.5 Å². The Morgan fingerprint density at radius 3 is 1.57 bits per heavy atom. The SMILES string of the molecule is OC[C@@]1(O)CC[C@@H](NC(c2ccccc2)(c2ccccc2)c2ccccc2)C1. The molecule has 0 aromatic heterocycles. The second-order valence-corrected chi connectivity index (χ2v) is 7.81. The smallest absolute Gasteiger partial charge is 0.0950 e. The summed E-state index contributed by atoms with van der Waals surface area (Å²) in [6, 6.07) is 31.5. The standard InChI is InChI=1S/C25H27NO2/c27-19-24(28)17-16-23(18-24)26-25(20-10-4-1-5-11-20,21-12-6-2-7-13-21)22-14-8-3-9-15-22/h1-15,23,26-28H,16-19H2/t23-,24-/m1/s1. The van der Waals surface area contributed by atoms with Gasteiger partial charge in [0.15, 0.2) is 0 Å². The van der Waals surface area contributed by atoms with E-state index >= 15 is 0 Å². The van der Waals surface area contributed by atoms with E-state index in [2.05, 4.69) is 78.1 Å². The maximum Gasteiger partial charge on any atom is 0.0950 e. The van der Waals surface area contributed by atoms with Gasteiger partial charge in [-0.05, 0) is 36.0 Å². The van der Waals surface area contributed by atoms with Crippen LogP contribution in [0, 0.1) is 0 Å². The molecule has 3 aromatic carbocycles. The first-order valence-electron chi connectivity index (χ1n) is 9.94. The van der Waals surface area contributed by atoms with Crippen LogP contribution >= 0.6 is 0 Å². The van der Waals surface area contributed by atoms with Gasteiger partial charge in [0.2, 0.25) is 0 Å². The van der Waals surface area contributed by atoms with E-state index in [1.165, 1.54) is 0 Å². The van der Waals surface area contributed by atoms with E-state index in [1.807, 2.05) is 18.2 Å². The van der Waals surface area contributed by atoms with Gasteiger partial charge in [-0.25, -0.2) is 0 Å². The number of hydrogen-bond donors (Lipinski definition) is 3. The predicted octanol–water partition coefficient (Wildman–Crippen LogP) is 3.84. The molecule has 3 nitrogen and oxygen atoms in total. The monoisotopic (exact) mass is 373 g/mol. The fraction of sp³-hybridized carbons (Fsp3) is 0.280. The summed E-state index contributed by atoms with van der Waals surface area (Å²) in [5.41, 5.74) is 1.95. The molecule has 3 heteroatoms. The average molecular weight is 373 g/mol. The summed E-state index contributed by atoms with van der Waals surface area (Å²) in [6.07, 6.45) is 1.97. The quantitative estimate of drug-likeness (QED) is 0.576. The predicted molar refractivity (Wildman–Crippen MR) is 112 cm³/mol. The second kappa shape index (κ2) is 7.88. The molecular weight excluding hydrogens is 346 g/mol. The van der Waals surface area contributed by atoms with Crippen molar-refractivity contribution >= 4 is 0 Å². The first-order valence-corrected chi connectivity index (χ1v) is 9.94. The molecule has 0 amide bonds. The maximum atomic E-state index is 10.6. The molecule has 1 saturated carbocycles. The van der Waals surface area contributed by atoms with E-state index in [9.17, 15) is 10.2 Å². The molecule has 1 fully saturated rings. The number of aliphatic hydroxyl groups is 2. The van der Waals surface area contributed by atoms with E-state index < -0.39 is 11.1 Å². The Labute approximate surface area is 166 Å². The van der Waals surface area contributed by atoms with E-state index in [4.69, 9.17) is 0 Å². The summed E-state index contributed by atoms with van der Waals surface area (Å²) >= 11 is 0. The van der Waals surface area contributed by atoms with Crippen molar-refractivity contribution in [3.63, 3.8) is 0 Å². The molecular formula is C25H27NO2. The molecule has 3 N–H and O–H groups in total. The molecule has 2 atom stereocenters. The second-order valence-electron chi connectivity index (χ2n) is 7.81. The minimum atomic E-state index is -0.993. The third-order valence-corrected chi connectivity index (χ3v) is 5.92. The largest absolute Gasteiger partial charge is 0.393 e. The van der Waals surface area contributed by atoms with Crippen LogP contribution in [-0.2, 0) is 5.54 Å². The molecule has 0 bridgehead atoms. The van der Waals surface area contributed by atoms with Crippen molar-refractivity contribution in [3.8, 4) is 0 Å². The summed E-state index contributed by atoms with van der Waals surface area (Å²) in [6.45, 7) is -0.194. The fourth-order valence-electron chi connectivity index (χ4n) is 4.49. The van der Waals surface area contributed by atoms with Gasteiger partial charge in [0.05, 0.1) is 17.7 Å². The Morgan fingerprint density at radius 2 is 1.21 bits per heavy atom. The van der Waals surface area contributed by atoms with E-state index in [0.717, 1.165) is 23.1 Å². The Balaban J connectivity index is 1.87. The zero-order chi connectivity index (χ0) is 19.5. The van der Waals surface area contributed by atoms with Crippen LogP contribution in [0.25, 0.3) is 0 Å². The van der Waals surface area contributed by atoms with Crippen LogP contribution in [0.2, 0.25) is 0 Å². The van der Waals surface area contributed by atoms with Crippen LogP contribution in [0.3, 0.4) is 0 Å². The summed E-state index contributed by atoms with van der Waals surface area (Å²) in [4.78, 5) is 0. The molecule has 144 valence electrons. The molecule has 3 aromatic rings. The Bertz CT molecular complexity index is 786. The fourth-order valence-corrected chi connectivity index (χ4v) is 4.49. The molecule has 28 heavy (non-hydrogen) atoms. The summed E-state index contributed by atoms with van der Waals surface area (Å²) in [7, 11) is 0. The van der Waals surface area contributed by atoms with Crippen LogP contribution in [0.4, 0.5) is 0 Å². The molecule has 0 radical (unpaired) electrons. The van der Waals surface area contributed by atoms with Crippen molar-refractivity contribution in [2.24, 2.45) is 0 Å². The van der Waals surface area contributed by atoms with Gasteiger partial charge in [0, 0.05) is 6.04 Å². The number of hydrogen-bond acceptors (Lipinski definition) is 3. The van der Waals surface area contributed by atoms with Crippen molar-refractivity contribution in [2.45, 2.75) is 36.4 Å². The highest BCUT2D eigenvalue weighted by Gasteiger charge is 2.43. The van der Waals surface area contributed by atoms with E-state index in [1.54, 1.807) is 0 Å². The van der Waals surface area contributed by atoms with Gasteiger partial charge in [-0.15, -0.1) is 0 Å². The van der Waals surface area contributed by atoms with Crippen molar-refractivity contribution in [2.75, 3.05) is 6.61 Å². The van der Waals surface area contributed by atoms with Crippen molar-refractivity contribution < 1.29 is 10.2 Å². The third kappa shape index (κ3) is 3.49. The normalized spacial score (nSPS) is 22.3. The molecule has 4 rings (SSSR count). The number of rotatable bonds is 6. The molecule has 0 spiro atoms. The minimum Gasteiger partial charge on any atom is -0.393 e. The van der Waals surface area contributed by atoms with Crippen LogP contribution in [-0.4, -0.2) is 28.5 Å². The number of nitrogens with one attached hydrogen (secondary N) is 1. The lowest BCUT2D eigenvalue weighted by Crippen LogP contribution is -2.49. The summed E-state index contributed by atoms with van der Waals surface area (Å²) < 4.78 is 0. The molecule has 1 aliphatic rings. The third-order valence-electron chi connectivity index (χ3n) is 5.92. The van der Waals surface area contributed by atoms with Gasteiger partial charge in [-0.3, -0.25) is 5.32 Å². The van der Waals surface area contributed by atoms with E-state index in [0.29, 0.717) is 12.8 Å². The molecule has 0 saturated heterocycles. The molecule has 0 aliphatic heterocycles. The molecule has 0 heterocycles. The van der Waals surface area contributed by atoms with E-state index in [-0.39, 0.29) is 12.6 Å². The minimum absolute atomic E-state index is 0.0952. The number of benzene rings is 3. The van der Waals surface area contributed by atoms with Gasteiger partial charge in [0.1, 0.15) is 0 Å². The van der Waals surface area contributed by atoms with Crippen LogP contribution in [0.15, 0.2) is 91.0 Å². The van der Waals surface area contributed by atoms with Crippen LogP contribution < -0.4 is 5.32 Å². The van der Waals surface area contributed by atoms with Crippen LogP contribution in [0.1, 0.15) is 36.0 Å². The van der Waals surface area contributed by atoms with Gasteiger partial charge in [0.25, 0.3) is 0 Å². The zero-order valence-electron chi connectivity index (χ0n) is 16.0. The van der Waals surface area contributed by atoms with Gasteiger partial charge < -0.3 is 10.2 Å². The van der Waals surface area contributed by atoms with Crippen molar-refractivity contribution in [3.05, 3.63) is 108 Å². The maximum absolute atomic E-state index is 10.6. The highest BCUT2D eigenvalue weighted by molar-refractivity contribution is 5.49.